The first-order chi connectivity index (χ1) is 25.6. The molecule has 5 atom stereocenters. The molecule has 0 radical (unpaired) electrons. The number of esters is 1. The average molecular weight is 777 g/mol. The smallest absolute Gasteiger partial charge is 0.463 e. The molecule has 0 aromatic rings. The lowest BCUT2D eigenvalue weighted by molar-refractivity contribution is -0.147. The first kappa shape index (κ1) is 51.6. The van der Waals surface area contributed by atoms with E-state index in [1.165, 1.54) is 64.2 Å². The number of aliphatic hydroxyl groups is 4. The molecule has 0 saturated carbocycles. The Morgan fingerprint density at radius 3 is 1.72 bits per heavy atom. The first-order valence-corrected chi connectivity index (χ1v) is 22.3. The third kappa shape index (κ3) is 32.5. The highest BCUT2D eigenvalue weighted by molar-refractivity contribution is 7.47. The summed E-state index contributed by atoms with van der Waals surface area (Å²) in [6.45, 7) is 1.74. The van der Waals surface area contributed by atoms with Crippen molar-refractivity contribution >= 4 is 19.6 Å². The zero-order valence-electron chi connectivity index (χ0n) is 33.3. The van der Waals surface area contributed by atoms with Crippen molar-refractivity contribution < 1.29 is 53.3 Å². The number of hydrogen-bond donors (Lipinski definition) is 5. The summed E-state index contributed by atoms with van der Waals surface area (Å²) < 4.78 is 26.4. The van der Waals surface area contributed by atoms with Crippen LogP contribution < -0.4 is 0 Å². The second kappa shape index (κ2) is 36.2. The van der Waals surface area contributed by atoms with Gasteiger partial charge >= 0.3 is 13.8 Å². The van der Waals surface area contributed by atoms with Crippen LogP contribution in [0.3, 0.4) is 0 Å². The number of allylic oxidation sites excluding steroid dienone is 4. The van der Waals surface area contributed by atoms with Crippen LogP contribution in [-0.4, -0.2) is 81.8 Å². The maximum atomic E-state index is 13.0. The summed E-state index contributed by atoms with van der Waals surface area (Å²) in [6, 6.07) is 0. The van der Waals surface area contributed by atoms with E-state index in [9.17, 15) is 34.4 Å². The quantitative estimate of drug-likeness (QED) is 0.0132. The number of ketones is 1. The van der Waals surface area contributed by atoms with Gasteiger partial charge in [0, 0.05) is 12.3 Å². The summed E-state index contributed by atoms with van der Waals surface area (Å²) in [5, 5.41) is 37.0. The lowest BCUT2D eigenvalue weighted by Crippen LogP contribution is -2.33. The predicted octanol–water partition coefficient (Wildman–Crippen LogP) is 8.83. The third-order valence-electron chi connectivity index (χ3n) is 9.37. The van der Waals surface area contributed by atoms with Crippen molar-refractivity contribution in [1.29, 1.82) is 0 Å². The Hall–Kier alpha value is -1.43. The molecule has 2 unspecified atom stereocenters. The molecule has 0 aromatic heterocycles. The maximum absolute atomic E-state index is 13.0. The van der Waals surface area contributed by atoms with Gasteiger partial charge in [0.05, 0.1) is 19.8 Å². The molecule has 0 spiro atoms. The van der Waals surface area contributed by atoms with Crippen LogP contribution in [0.1, 0.15) is 174 Å². The van der Waals surface area contributed by atoms with E-state index in [0.29, 0.717) is 12.2 Å². The van der Waals surface area contributed by atoms with E-state index in [-0.39, 0.29) is 12.3 Å². The van der Waals surface area contributed by atoms with Crippen LogP contribution in [0.2, 0.25) is 0 Å². The van der Waals surface area contributed by atoms with E-state index in [1.54, 1.807) is 0 Å². The van der Waals surface area contributed by atoms with Gasteiger partial charge in [0.2, 0.25) is 0 Å². The number of rotatable bonds is 39. The average Bonchev–Trinajstić information content (AvgIpc) is 3.15. The van der Waals surface area contributed by atoms with E-state index >= 15 is 0 Å². The third-order valence-corrected chi connectivity index (χ3v) is 10.4. The summed E-state index contributed by atoms with van der Waals surface area (Å²) in [7, 11) is -4.73. The number of carbonyl (C=O) groups excluding carboxylic acids is 2. The van der Waals surface area contributed by atoms with E-state index in [4.69, 9.17) is 14.4 Å². The Bertz CT molecular complexity index is 974. The molecule has 0 fully saturated rings. The van der Waals surface area contributed by atoms with Crippen molar-refractivity contribution in [2.75, 3.05) is 26.4 Å². The molecule has 0 bridgehead atoms. The first-order valence-electron chi connectivity index (χ1n) is 20.8. The lowest BCUT2D eigenvalue weighted by Gasteiger charge is -2.21. The standard InChI is InChI=1S/C41H77O11P/c1-3-5-7-9-10-11-12-13-14-15-19-22-26-30-38(44)36(28-24-8-6-4-2)29-25-21-18-16-17-20-23-27-31-41(47)50-34-37(32-42)52-53(48,49)51-35-40(46)39(45)33-43/h14-15,26,30,36-37,39-40,42-43,45-46H,3-13,16-25,27-29,31-35H2,1-2H3,(H,48,49)/b15-14-,30-26-/t36?,37-,39+,40+/m0/s1. The van der Waals surface area contributed by atoms with Crippen LogP contribution in [0, 0.1) is 5.92 Å². The van der Waals surface area contributed by atoms with Gasteiger partial charge in [-0.1, -0.05) is 141 Å². The fourth-order valence-corrected chi connectivity index (χ4v) is 6.85. The van der Waals surface area contributed by atoms with Crippen molar-refractivity contribution in [2.24, 2.45) is 5.92 Å². The number of hydrogen-bond acceptors (Lipinski definition) is 10. The maximum Gasteiger partial charge on any atom is 0.472 e. The van der Waals surface area contributed by atoms with Crippen molar-refractivity contribution in [2.45, 2.75) is 193 Å². The van der Waals surface area contributed by atoms with Crippen LogP contribution in [0.4, 0.5) is 0 Å². The fraction of sp³-hybridized carbons (Fsp3) is 0.854. The minimum atomic E-state index is -4.73. The number of phosphoric ester groups is 1. The normalized spacial score (nSPS) is 15.5. The largest absolute Gasteiger partial charge is 0.472 e. The minimum Gasteiger partial charge on any atom is -0.463 e. The molecular weight excluding hydrogens is 699 g/mol. The molecule has 53 heavy (non-hydrogen) atoms. The molecule has 0 aliphatic rings. The number of carbonyl (C=O) groups is 2. The second-order valence-corrected chi connectivity index (χ2v) is 15.8. The minimum absolute atomic E-state index is 0.128. The molecule has 11 nitrogen and oxygen atoms in total. The number of aliphatic hydroxyl groups excluding tert-OH is 4. The van der Waals surface area contributed by atoms with E-state index in [2.05, 4.69) is 36.6 Å². The summed E-state index contributed by atoms with van der Waals surface area (Å²) in [4.78, 5) is 34.9. The molecule has 5 N–H and O–H groups in total. The van der Waals surface area contributed by atoms with E-state index < -0.39 is 58.5 Å². The van der Waals surface area contributed by atoms with Gasteiger partial charge in [-0.3, -0.25) is 18.6 Å². The van der Waals surface area contributed by atoms with Gasteiger partial charge in [-0.05, 0) is 51.0 Å². The summed E-state index contributed by atoms with van der Waals surface area (Å²) in [5.41, 5.74) is 0. The van der Waals surface area contributed by atoms with Gasteiger partial charge in [0.15, 0.2) is 5.78 Å². The molecule has 0 saturated heterocycles. The van der Waals surface area contributed by atoms with Crippen molar-refractivity contribution in [3.05, 3.63) is 24.3 Å². The Balaban J connectivity index is 4.16. The molecule has 0 aliphatic heterocycles. The Morgan fingerprint density at radius 2 is 1.13 bits per heavy atom. The van der Waals surface area contributed by atoms with Crippen LogP contribution in [0.5, 0.6) is 0 Å². The summed E-state index contributed by atoms with van der Waals surface area (Å²) in [6.07, 6.45) is 31.2. The van der Waals surface area contributed by atoms with Crippen molar-refractivity contribution in [1.82, 2.24) is 0 Å². The molecule has 12 heteroatoms. The number of ether oxygens (including phenoxy) is 1. The van der Waals surface area contributed by atoms with Crippen LogP contribution >= 0.6 is 7.82 Å². The zero-order chi connectivity index (χ0) is 39.4. The van der Waals surface area contributed by atoms with Crippen molar-refractivity contribution in [3.8, 4) is 0 Å². The molecule has 0 rings (SSSR count). The van der Waals surface area contributed by atoms with Gasteiger partial charge in [-0.2, -0.15) is 0 Å². The molecule has 0 amide bonds. The molecule has 0 heterocycles. The monoisotopic (exact) mass is 777 g/mol. The van der Waals surface area contributed by atoms with Gasteiger partial charge < -0.3 is 30.1 Å². The molecule has 312 valence electrons. The van der Waals surface area contributed by atoms with E-state index in [1.807, 2.05) is 6.08 Å². The summed E-state index contributed by atoms with van der Waals surface area (Å²) in [5.74, 6) is -0.0916. The van der Waals surface area contributed by atoms with Crippen LogP contribution in [0.15, 0.2) is 24.3 Å². The van der Waals surface area contributed by atoms with Gasteiger partial charge in [-0.15, -0.1) is 0 Å². The van der Waals surface area contributed by atoms with Crippen molar-refractivity contribution in [3.63, 3.8) is 0 Å². The highest BCUT2D eigenvalue weighted by atomic mass is 31.2. The topological polar surface area (TPSA) is 180 Å². The van der Waals surface area contributed by atoms with Crippen LogP contribution in [0.25, 0.3) is 0 Å². The number of unbranched alkanes of at least 4 members (excludes halogenated alkanes) is 18. The molecular formula is C41H77O11P. The number of phosphoric acid groups is 1. The Labute approximate surface area is 321 Å². The van der Waals surface area contributed by atoms with Gasteiger partial charge in [0.1, 0.15) is 24.9 Å². The predicted molar refractivity (Wildman–Crippen MR) is 211 cm³/mol. The fourth-order valence-electron chi connectivity index (χ4n) is 5.95. The van der Waals surface area contributed by atoms with E-state index in [0.717, 1.165) is 83.5 Å². The highest BCUT2D eigenvalue weighted by Gasteiger charge is 2.29. The Kier molecular flexibility index (Phi) is 35.2. The highest BCUT2D eigenvalue weighted by Crippen LogP contribution is 2.44. The Morgan fingerprint density at radius 1 is 0.623 bits per heavy atom. The zero-order valence-corrected chi connectivity index (χ0v) is 34.2. The van der Waals surface area contributed by atoms with Gasteiger partial charge in [-0.25, -0.2) is 4.57 Å². The van der Waals surface area contributed by atoms with Gasteiger partial charge in [0.25, 0.3) is 0 Å². The second-order valence-electron chi connectivity index (χ2n) is 14.4. The SMILES string of the molecule is CCCCCCCCC/C=C\CC/C=C\C(=O)C(CCCCCC)CCCCCCCCCCC(=O)OC[C@H](CO)OP(=O)(O)OC[C@@H](O)[C@H](O)CO. The molecule has 0 aliphatic carbocycles. The summed E-state index contributed by atoms with van der Waals surface area (Å²) >= 11 is 0. The molecule has 0 aromatic carbocycles. The lowest BCUT2D eigenvalue weighted by atomic mass is 9.90. The van der Waals surface area contributed by atoms with Crippen LogP contribution in [-0.2, 0) is 27.9 Å².